The molecule has 1 unspecified atom stereocenters. The molecule has 3 nitrogen and oxygen atoms in total. The Balaban J connectivity index is 2.59. The van der Waals surface area contributed by atoms with Crippen LogP contribution in [0, 0.1) is 22.7 Å². The number of nitriles is 2. The van der Waals surface area contributed by atoms with Crippen molar-refractivity contribution in [3.63, 3.8) is 0 Å². The van der Waals surface area contributed by atoms with E-state index in [9.17, 15) is 0 Å². The van der Waals surface area contributed by atoms with Crippen LogP contribution in [0.3, 0.4) is 0 Å². The third-order valence-electron chi connectivity index (χ3n) is 2.18. The molecule has 0 aliphatic heterocycles. The Hall–Kier alpha value is -1.84. The van der Waals surface area contributed by atoms with Crippen molar-refractivity contribution in [3.8, 4) is 12.1 Å². The first-order valence-electron chi connectivity index (χ1n) is 4.86. The number of nitrogens with one attached hydrogen (secondary N) is 1. The first-order valence-corrected chi connectivity index (χ1v) is 4.86. The Morgan fingerprint density at radius 2 is 2.07 bits per heavy atom. The van der Waals surface area contributed by atoms with Gasteiger partial charge in [-0.3, -0.25) is 0 Å². The summed E-state index contributed by atoms with van der Waals surface area (Å²) in [6.45, 7) is 2.59. The van der Waals surface area contributed by atoms with Gasteiger partial charge in [-0.05, 0) is 18.6 Å². The van der Waals surface area contributed by atoms with Gasteiger partial charge >= 0.3 is 0 Å². The summed E-state index contributed by atoms with van der Waals surface area (Å²) in [5.41, 5.74) is 1.67. The van der Waals surface area contributed by atoms with Crippen molar-refractivity contribution in [2.75, 3.05) is 0 Å². The fourth-order valence-corrected chi connectivity index (χ4v) is 1.28. The van der Waals surface area contributed by atoms with Crippen LogP contribution in [-0.4, -0.2) is 6.04 Å². The summed E-state index contributed by atoms with van der Waals surface area (Å²) in [4.78, 5) is 0. The summed E-state index contributed by atoms with van der Waals surface area (Å²) < 4.78 is 0. The van der Waals surface area contributed by atoms with Crippen LogP contribution in [0.25, 0.3) is 0 Å². The zero-order valence-corrected chi connectivity index (χ0v) is 8.70. The van der Waals surface area contributed by atoms with Crippen LogP contribution in [0.1, 0.15) is 24.5 Å². The van der Waals surface area contributed by atoms with E-state index in [2.05, 4.69) is 17.5 Å². The smallest absolute Gasteiger partial charge is 0.0995 e. The quantitative estimate of drug-likeness (QED) is 0.806. The Labute approximate surface area is 90.0 Å². The van der Waals surface area contributed by atoms with Crippen molar-refractivity contribution >= 4 is 0 Å². The lowest BCUT2D eigenvalue weighted by Crippen LogP contribution is -2.25. The van der Waals surface area contributed by atoms with Crippen LogP contribution in [-0.2, 0) is 6.54 Å². The van der Waals surface area contributed by atoms with Crippen molar-refractivity contribution in [3.05, 3.63) is 35.4 Å². The third-order valence-corrected chi connectivity index (χ3v) is 2.18. The Kier molecular flexibility index (Phi) is 4.34. The van der Waals surface area contributed by atoms with E-state index in [0.717, 1.165) is 5.56 Å². The van der Waals surface area contributed by atoms with E-state index in [1.165, 1.54) is 0 Å². The SMILES string of the molecule is CC(CC#N)NCc1ccccc1C#N. The maximum Gasteiger partial charge on any atom is 0.0995 e. The number of rotatable bonds is 4. The molecule has 0 saturated heterocycles. The molecule has 1 aromatic rings. The third kappa shape index (κ3) is 3.42. The molecule has 0 saturated carbocycles. The van der Waals surface area contributed by atoms with Gasteiger partial charge in [0.15, 0.2) is 0 Å². The fraction of sp³-hybridized carbons (Fsp3) is 0.333. The lowest BCUT2D eigenvalue weighted by atomic mass is 10.1. The number of hydrogen-bond acceptors (Lipinski definition) is 3. The highest BCUT2D eigenvalue weighted by Gasteiger charge is 2.03. The molecule has 0 radical (unpaired) electrons. The molecule has 1 aromatic carbocycles. The molecule has 0 aromatic heterocycles. The topological polar surface area (TPSA) is 59.6 Å². The summed E-state index contributed by atoms with van der Waals surface area (Å²) in [6, 6.07) is 11.9. The molecule has 1 atom stereocenters. The minimum atomic E-state index is 0.154. The molecule has 0 spiro atoms. The van der Waals surface area contributed by atoms with Crippen LogP contribution in [0.4, 0.5) is 0 Å². The maximum absolute atomic E-state index is 8.86. The highest BCUT2D eigenvalue weighted by atomic mass is 14.9. The van der Waals surface area contributed by atoms with E-state index in [1.54, 1.807) is 6.07 Å². The van der Waals surface area contributed by atoms with Gasteiger partial charge in [0.05, 0.1) is 24.1 Å². The molecule has 15 heavy (non-hydrogen) atoms. The van der Waals surface area contributed by atoms with Crippen LogP contribution >= 0.6 is 0 Å². The number of benzene rings is 1. The van der Waals surface area contributed by atoms with Gasteiger partial charge in [-0.25, -0.2) is 0 Å². The highest BCUT2D eigenvalue weighted by molar-refractivity contribution is 5.37. The van der Waals surface area contributed by atoms with E-state index in [1.807, 2.05) is 25.1 Å². The van der Waals surface area contributed by atoms with Gasteiger partial charge in [0.1, 0.15) is 0 Å². The Bertz CT molecular complexity index is 398. The van der Waals surface area contributed by atoms with Gasteiger partial charge in [0.25, 0.3) is 0 Å². The normalized spacial score (nSPS) is 11.4. The van der Waals surface area contributed by atoms with Gasteiger partial charge in [-0.2, -0.15) is 10.5 Å². The van der Waals surface area contributed by atoms with Crippen molar-refractivity contribution in [1.29, 1.82) is 10.5 Å². The second-order valence-corrected chi connectivity index (χ2v) is 3.41. The van der Waals surface area contributed by atoms with E-state index >= 15 is 0 Å². The van der Waals surface area contributed by atoms with Gasteiger partial charge in [-0.15, -0.1) is 0 Å². The first kappa shape index (κ1) is 11.2. The van der Waals surface area contributed by atoms with Crippen molar-refractivity contribution in [2.24, 2.45) is 0 Å². The predicted octanol–water partition coefficient (Wildman–Crippen LogP) is 1.95. The first-order chi connectivity index (χ1) is 7.27. The van der Waals surface area contributed by atoms with Gasteiger partial charge in [0, 0.05) is 12.6 Å². The molecular weight excluding hydrogens is 186 g/mol. The standard InChI is InChI=1S/C12H13N3/c1-10(6-7-13)15-9-12-5-3-2-4-11(12)8-14/h2-5,10,15H,6,9H2,1H3. The van der Waals surface area contributed by atoms with Crippen molar-refractivity contribution in [2.45, 2.75) is 25.9 Å². The molecule has 0 fully saturated rings. The minimum Gasteiger partial charge on any atom is -0.309 e. The second-order valence-electron chi connectivity index (χ2n) is 3.41. The summed E-state index contributed by atoms with van der Waals surface area (Å²) >= 11 is 0. The summed E-state index contributed by atoms with van der Waals surface area (Å²) in [7, 11) is 0. The van der Waals surface area contributed by atoms with Crippen LogP contribution in [0.5, 0.6) is 0 Å². The number of nitrogens with zero attached hydrogens (tertiary/aromatic N) is 2. The van der Waals surface area contributed by atoms with E-state index in [0.29, 0.717) is 18.5 Å². The zero-order valence-electron chi connectivity index (χ0n) is 8.70. The van der Waals surface area contributed by atoms with Crippen LogP contribution < -0.4 is 5.32 Å². The van der Waals surface area contributed by atoms with E-state index < -0.39 is 0 Å². The van der Waals surface area contributed by atoms with Crippen molar-refractivity contribution in [1.82, 2.24) is 5.32 Å². The molecule has 76 valence electrons. The predicted molar refractivity (Wildman–Crippen MR) is 57.7 cm³/mol. The summed E-state index contributed by atoms with van der Waals surface area (Å²) in [6.07, 6.45) is 0.481. The second kappa shape index (κ2) is 5.80. The Morgan fingerprint density at radius 1 is 1.33 bits per heavy atom. The highest BCUT2D eigenvalue weighted by Crippen LogP contribution is 2.07. The number of hydrogen-bond donors (Lipinski definition) is 1. The molecular formula is C12H13N3. The average Bonchev–Trinajstić information content (AvgIpc) is 2.27. The summed E-state index contributed by atoms with van der Waals surface area (Å²) in [5, 5.41) is 20.6. The molecule has 1 rings (SSSR count). The van der Waals surface area contributed by atoms with Crippen LogP contribution in [0.15, 0.2) is 24.3 Å². The molecule has 0 amide bonds. The molecule has 0 bridgehead atoms. The van der Waals surface area contributed by atoms with Gasteiger partial charge in [0.2, 0.25) is 0 Å². The summed E-state index contributed by atoms with van der Waals surface area (Å²) in [5.74, 6) is 0. The van der Waals surface area contributed by atoms with Crippen molar-refractivity contribution < 1.29 is 0 Å². The molecule has 0 heterocycles. The monoisotopic (exact) mass is 199 g/mol. The largest absolute Gasteiger partial charge is 0.309 e. The lowest BCUT2D eigenvalue weighted by Gasteiger charge is -2.10. The fourth-order valence-electron chi connectivity index (χ4n) is 1.28. The van der Waals surface area contributed by atoms with E-state index in [4.69, 9.17) is 10.5 Å². The van der Waals surface area contributed by atoms with Gasteiger partial charge in [-0.1, -0.05) is 18.2 Å². The zero-order chi connectivity index (χ0) is 11.1. The molecule has 3 heteroatoms. The molecule has 0 aliphatic carbocycles. The Morgan fingerprint density at radius 3 is 2.73 bits per heavy atom. The van der Waals surface area contributed by atoms with Crippen LogP contribution in [0.2, 0.25) is 0 Å². The lowest BCUT2D eigenvalue weighted by molar-refractivity contribution is 0.557. The maximum atomic E-state index is 8.86. The van der Waals surface area contributed by atoms with Gasteiger partial charge < -0.3 is 5.32 Å². The minimum absolute atomic E-state index is 0.154. The van der Waals surface area contributed by atoms with E-state index in [-0.39, 0.29) is 6.04 Å². The average molecular weight is 199 g/mol. The molecule has 1 N–H and O–H groups in total. The molecule has 0 aliphatic rings.